The van der Waals surface area contributed by atoms with Gasteiger partial charge in [-0.05, 0) is 45.8 Å². The van der Waals surface area contributed by atoms with Crippen LogP contribution < -0.4 is 10.1 Å². The molecule has 0 saturated heterocycles. The molecule has 3 nitrogen and oxygen atoms in total. The summed E-state index contributed by atoms with van der Waals surface area (Å²) in [5.74, 6) is 0.871. The van der Waals surface area contributed by atoms with Crippen LogP contribution in [0.5, 0.6) is 5.75 Å². The Morgan fingerprint density at radius 2 is 1.95 bits per heavy atom. The van der Waals surface area contributed by atoms with Crippen LogP contribution in [0.25, 0.3) is 10.9 Å². The molecule has 0 amide bonds. The van der Waals surface area contributed by atoms with Crippen molar-refractivity contribution in [1.29, 1.82) is 0 Å². The number of ether oxygens (including phenoxy) is 1. The van der Waals surface area contributed by atoms with E-state index in [1.807, 2.05) is 30.5 Å². The first-order valence-corrected chi connectivity index (χ1v) is 7.46. The monoisotopic (exact) mass is 342 g/mol. The van der Waals surface area contributed by atoms with Crippen molar-refractivity contribution >= 4 is 32.5 Å². The maximum atomic E-state index is 5.17. The van der Waals surface area contributed by atoms with Crippen molar-refractivity contribution in [2.24, 2.45) is 0 Å². The number of nitrogens with zero attached hydrogens (tertiary/aromatic N) is 1. The number of aromatic nitrogens is 1. The minimum Gasteiger partial charge on any atom is -0.497 e. The number of anilines is 1. The maximum Gasteiger partial charge on any atom is 0.118 e. The number of rotatable bonds is 4. The van der Waals surface area contributed by atoms with Crippen molar-refractivity contribution in [3.63, 3.8) is 0 Å². The average Bonchev–Trinajstić information content (AvgIpc) is 2.53. The molecule has 3 aromatic rings. The zero-order valence-corrected chi connectivity index (χ0v) is 13.2. The number of pyridine rings is 1. The number of hydrogen-bond acceptors (Lipinski definition) is 3. The first-order valence-electron chi connectivity index (χ1n) is 6.67. The molecule has 106 valence electrons. The van der Waals surface area contributed by atoms with Crippen LogP contribution in [0.15, 0.2) is 59.2 Å². The third kappa shape index (κ3) is 3.16. The predicted molar refractivity (Wildman–Crippen MR) is 89.8 cm³/mol. The van der Waals surface area contributed by atoms with Gasteiger partial charge in [-0.15, -0.1) is 0 Å². The Labute approximate surface area is 132 Å². The second-order valence-corrected chi connectivity index (χ2v) is 5.65. The molecule has 1 heterocycles. The van der Waals surface area contributed by atoms with Crippen molar-refractivity contribution in [2.45, 2.75) is 6.54 Å². The van der Waals surface area contributed by atoms with Crippen LogP contribution in [0.2, 0.25) is 0 Å². The van der Waals surface area contributed by atoms with Crippen LogP contribution >= 0.6 is 15.9 Å². The van der Waals surface area contributed by atoms with Crippen molar-refractivity contribution in [3.05, 3.63) is 64.8 Å². The van der Waals surface area contributed by atoms with E-state index in [1.54, 1.807) is 7.11 Å². The van der Waals surface area contributed by atoms with E-state index in [2.05, 4.69) is 50.5 Å². The molecule has 0 bridgehead atoms. The van der Waals surface area contributed by atoms with E-state index in [0.29, 0.717) is 0 Å². The largest absolute Gasteiger partial charge is 0.497 e. The SMILES string of the molecule is COc1ccc(CNc2cccc3cc(Br)cnc23)cc1. The molecule has 0 aliphatic rings. The van der Waals surface area contributed by atoms with Crippen molar-refractivity contribution in [1.82, 2.24) is 4.98 Å². The standard InChI is InChI=1S/C17H15BrN2O/c1-21-15-7-5-12(6-8-15)10-19-16-4-2-3-13-9-14(18)11-20-17(13)16/h2-9,11,19H,10H2,1H3. The van der Waals surface area contributed by atoms with Gasteiger partial charge in [-0.2, -0.15) is 0 Å². The summed E-state index contributed by atoms with van der Waals surface area (Å²) in [4.78, 5) is 4.49. The normalized spacial score (nSPS) is 10.6. The molecular weight excluding hydrogens is 328 g/mol. The second kappa shape index (κ2) is 6.14. The second-order valence-electron chi connectivity index (χ2n) is 4.73. The quantitative estimate of drug-likeness (QED) is 0.751. The Bertz CT molecular complexity index is 756. The maximum absolute atomic E-state index is 5.17. The van der Waals surface area contributed by atoms with Gasteiger partial charge in [0.2, 0.25) is 0 Å². The van der Waals surface area contributed by atoms with Gasteiger partial charge in [0.25, 0.3) is 0 Å². The molecule has 0 unspecified atom stereocenters. The molecule has 21 heavy (non-hydrogen) atoms. The fourth-order valence-corrected chi connectivity index (χ4v) is 2.57. The number of fused-ring (bicyclic) bond motifs is 1. The molecule has 3 rings (SSSR count). The Morgan fingerprint density at radius 1 is 1.14 bits per heavy atom. The van der Waals surface area contributed by atoms with E-state index >= 15 is 0 Å². The molecule has 0 atom stereocenters. The van der Waals surface area contributed by atoms with Gasteiger partial charge >= 0.3 is 0 Å². The molecule has 0 aliphatic carbocycles. The van der Waals surface area contributed by atoms with Gasteiger partial charge in [0.05, 0.1) is 18.3 Å². The molecule has 0 radical (unpaired) electrons. The zero-order chi connectivity index (χ0) is 14.7. The zero-order valence-electron chi connectivity index (χ0n) is 11.6. The van der Waals surface area contributed by atoms with Gasteiger partial charge in [0.1, 0.15) is 5.75 Å². The third-order valence-electron chi connectivity index (χ3n) is 3.32. The molecule has 1 aromatic heterocycles. The fraction of sp³-hybridized carbons (Fsp3) is 0.118. The highest BCUT2D eigenvalue weighted by atomic mass is 79.9. The van der Waals surface area contributed by atoms with Crippen LogP contribution in [-0.2, 0) is 6.54 Å². The van der Waals surface area contributed by atoms with Crippen molar-refractivity contribution in [3.8, 4) is 5.75 Å². The molecule has 1 N–H and O–H groups in total. The predicted octanol–water partition coefficient (Wildman–Crippen LogP) is 4.62. The number of halogens is 1. The average molecular weight is 343 g/mol. The van der Waals surface area contributed by atoms with Gasteiger partial charge in [-0.3, -0.25) is 4.98 Å². The minimum atomic E-state index is 0.751. The van der Waals surface area contributed by atoms with E-state index < -0.39 is 0 Å². The summed E-state index contributed by atoms with van der Waals surface area (Å²) in [6.07, 6.45) is 1.82. The lowest BCUT2D eigenvalue weighted by atomic mass is 10.1. The summed E-state index contributed by atoms with van der Waals surface area (Å²) in [6.45, 7) is 0.751. The molecule has 4 heteroatoms. The third-order valence-corrected chi connectivity index (χ3v) is 3.75. The number of para-hydroxylation sites is 1. The van der Waals surface area contributed by atoms with Gasteiger partial charge in [-0.25, -0.2) is 0 Å². The van der Waals surface area contributed by atoms with Gasteiger partial charge in [0, 0.05) is 22.6 Å². The number of nitrogens with one attached hydrogen (secondary N) is 1. The van der Waals surface area contributed by atoms with E-state index in [-0.39, 0.29) is 0 Å². The highest BCUT2D eigenvalue weighted by molar-refractivity contribution is 9.10. The number of benzene rings is 2. The molecule has 0 spiro atoms. The van der Waals surface area contributed by atoms with Crippen LogP contribution in [0.1, 0.15) is 5.56 Å². The Balaban J connectivity index is 1.81. The summed E-state index contributed by atoms with van der Waals surface area (Å²) < 4.78 is 6.15. The van der Waals surface area contributed by atoms with E-state index in [0.717, 1.165) is 33.4 Å². The van der Waals surface area contributed by atoms with Crippen LogP contribution in [-0.4, -0.2) is 12.1 Å². The van der Waals surface area contributed by atoms with E-state index in [1.165, 1.54) is 5.56 Å². The lowest BCUT2D eigenvalue weighted by Gasteiger charge is -2.10. The highest BCUT2D eigenvalue weighted by Crippen LogP contribution is 2.24. The summed E-state index contributed by atoms with van der Waals surface area (Å²) in [7, 11) is 1.67. The molecule has 0 fully saturated rings. The summed E-state index contributed by atoms with van der Waals surface area (Å²) >= 11 is 3.45. The van der Waals surface area contributed by atoms with Gasteiger partial charge in [0.15, 0.2) is 0 Å². The van der Waals surface area contributed by atoms with Crippen LogP contribution in [0, 0.1) is 0 Å². The Kier molecular flexibility index (Phi) is 4.06. The van der Waals surface area contributed by atoms with Gasteiger partial charge < -0.3 is 10.1 Å². The molecule has 0 aliphatic heterocycles. The first kappa shape index (κ1) is 13.9. The molecule has 2 aromatic carbocycles. The number of hydrogen-bond donors (Lipinski definition) is 1. The molecular formula is C17H15BrN2O. The van der Waals surface area contributed by atoms with E-state index in [4.69, 9.17) is 4.74 Å². The summed E-state index contributed by atoms with van der Waals surface area (Å²) in [5, 5.41) is 4.56. The lowest BCUT2D eigenvalue weighted by Crippen LogP contribution is -2.00. The van der Waals surface area contributed by atoms with Gasteiger partial charge in [-0.1, -0.05) is 24.3 Å². The minimum absolute atomic E-state index is 0.751. The Hall–Kier alpha value is -2.07. The topological polar surface area (TPSA) is 34.1 Å². The smallest absolute Gasteiger partial charge is 0.118 e. The van der Waals surface area contributed by atoms with E-state index in [9.17, 15) is 0 Å². The summed E-state index contributed by atoms with van der Waals surface area (Å²) in [5.41, 5.74) is 3.22. The van der Waals surface area contributed by atoms with Crippen molar-refractivity contribution < 1.29 is 4.74 Å². The lowest BCUT2D eigenvalue weighted by molar-refractivity contribution is 0.414. The number of methoxy groups -OCH3 is 1. The Morgan fingerprint density at radius 3 is 2.71 bits per heavy atom. The van der Waals surface area contributed by atoms with Crippen molar-refractivity contribution in [2.75, 3.05) is 12.4 Å². The van der Waals surface area contributed by atoms with Crippen LogP contribution in [0.3, 0.4) is 0 Å². The molecule has 0 saturated carbocycles. The first-order chi connectivity index (χ1) is 10.3. The summed E-state index contributed by atoms with van der Waals surface area (Å²) in [6, 6.07) is 16.3. The fourth-order valence-electron chi connectivity index (χ4n) is 2.22. The highest BCUT2D eigenvalue weighted by Gasteiger charge is 2.03. The van der Waals surface area contributed by atoms with Crippen LogP contribution in [0.4, 0.5) is 5.69 Å².